The lowest BCUT2D eigenvalue weighted by molar-refractivity contribution is -0.937. The number of aromatic carboxylic acids is 1. The average Bonchev–Trinajstić information content (AvgIpc) is 3.73. The van der Waals surface area contributed by atoms with E-state index >= 15 is 0 Å². The van der Waals surface area contributed by atoms with E-state index in [-0.39, 0.29) is 42.0 Å². The van der Waals surface area contributed by atoms with Gasteiger partial charge in [0.05, 0.1) is 29.9 Å². The Bertz CT molecular complexity index is 2070. The number of fused-ring (bicyclic) bond motifs is 2. The van der Waals surface area contributed by atoms with Gasteiger partial charge >= 0.3 is 5.97 Å². The minimum absolute atomic E-state index is 0. The molecule has 11 nitrogen and oxygen atoms in total. The molecule has 15 heteroatoms. The molecule has 7 rings (SSSR count). The maximum Gasteiger partial charge on any atom is 0.355 e. The number of piperidine rings is 1. The van der Waals surface area contributed by atoms with E-state index in [0.717, 1.165) is 65.2 Å². The van der Waals surface area contributed by atoms with E-state index in [2.05, 4.69) is 37.3 Å². The number of para-hydroxylation sites is 1. The highest BCUT2D eigenvalue weighted by molar-refractivity contribution is 7.22. The number of ether oxygens (including phenoxy) is 1. The first-order valence-electron chi connectivity index (χ1n) is 16.8. The molecule has 1 fully saturated rings. The Hall–Kier alpha value is -3.95. The largest absolute Gasteiger partial charge is 1.00 e. The van der Waals surface area contributed by atoms with Gasteiger partial charge in [-0.2, -0.15) is 5.84 Å². The maximum atomic E-state index is 14.8. The van der Waals surface area contributed by atoms with Crippen LogP contribution in [0.3, 0.4) is 0 Å². The molecule has 2 aliphatic heterocycles. The highest BCUT2D eigenvalue weighted by atomic mass is 127. The number of likely N-dealkylation sites (tertiary alicyclic amines) is 1. The van der Waals surface area contributed by atoms with Gasteiger partial charge in [0.25, 0.3) is 0 Å². The van der Waals surface area contributed by atoms with Crippen LogP contribution < -0.4 is 44.8 Å². The topological polar surface area (TPSA) is 139 Å². The quantitative estimate of drug-likeness (QED) is 0.0627. The van der Waals surface area contributed by atoms with Crippen molar-refractivity contribution >= 4 is 60.8 Å². The summed E-state index contributed by atoms with van der Waals surface area (Å²) in [5.41, 5.74) is 3.52. The van der Waals surface area contributed by atoms with E-state index in [1.807, 2.05) is 36.1 Å². The van der Waals surface area contributed by atoms with Crippen molar-refractivity contribution in [3.63, 3.8) is 0 Å². The van der Waals surface area contributed by atoms with Gasteiger partial charge in [-0.3, -0.25) is 0 Å². The molecule has 266 valence electrons. The molecule has 5 aromatic rings. The number of quaternary nitrogens is 1. The van der Waals surface area contributed by atoms with Crippen molar-refractivity contribution < 1.29 is 47.6 Å². The van der Waals surface area contributed by atoms with Gasteiger partial charge in [-0.15, -0.1) is 21.5 Å². The molecule has 2 aliphatic rings. The Morgan fingerprint density at radius 3 is 2.73 bits per heavy atom. The highest BCUT2D eigenvalue weighted by Crippen LogP contribution is 2.39. The van der Waals surface area contributed by atoms with E-state index in [0.29, 0.717) is 57.7 Å². The number of thiazole rings is 2. The summed E-state index contributed by atoms with van der Waals surface area (Å²) < 4.78 is 22.1. The van der Waals surface area contributed by atoms with Crippen LogP contribution in [-0.4, -0.2) is 68.6 Å². The van der Waals surface area contributed by atoms with Gasteiger partial charge in [-0.1, -0.05) is 29.4 Å². The number of carbonyl (C=O) groups is 1. The van der Waals surface area contributed by atoms with Crippen molar-refractivity contribution in [2.24, 2.45) is 5.84 Å². The Kier molecular flexibility index (Phi) is 11.7. The number of nitrogens with one attached hydrogen (secondary N) is 1. The summed E-state index contributed by atoms with van der Waals surface area (Å²) in [5.74, 6) is 12.4. The Balaban J connectivity index is 0.00000448. The molecule has 0 amide bonds. The highest BCUT2D eigenvalue weighted by Gasteiger charge is 2.29. The standard InChI is InChI=1S/C36H37FN8O3S2.HI/c1-23-25-11-7-17-44(33(25)43-42-32(23)41-35-39-27-12-3-4-13-29(27)49-35)36-40-31(34(46)47)30(50-36)14-9-21-48-28-16-15-24(22-26(28)37)10-8-20-45(38)18-5-2-6-19-45;/h3-4,12-13,15-16,22H,2,5-7,9,11,14,17-21,38H2,1H3,(H-,39,41,42,46,47);1H. The molecule has 2 aromatic carbocycles. The van der Waals surface area contributed by atoms with Gasteiger partial charge in [0.2, 0.25) is 0 Å². The molecule has 0 atom stereocenters. The van der Waals surface area contributed by atoms with Gasteiger partial charge in [-0.25, -0.2) is 23.7 Å². The molecule has 0 bridgehead atoms. The van der Waals surface area contributed by atoms with Crippen LogP contribution >= 0.6 is 22.7 Å². The van der Waals surface area contributed by atoms with Crippen LogP contribution in [0.4, 0.5) is 26.3 Å². The van der Waals surface area contributed by atoms with Gasteiger partial charge < -0.3 is 44.0 Å². The van der Waals surface area contributed by atoms with Gasteiger partial charge in [0.1, 0.15) is 0 Å². The van der Waals surface area contributed by atoms with Crippen LogP contribution in [0.5, 0.6) is 5.75 Å². The number of carboxylic acid groups (broad SMARTS) is 1. The number of rotatable bonds is 10. The number of nitrogens with zero attached hydrogens (tertiary/aromatic N) is 6. The zero-order valence-corrected chi connectivity index (χ0v) is 31.9. The van der Waals surface area contributed by atoms with Crippen molar-refractivity contribution in [2.45, 2.75) is 51.9 Å². The molecule has 51 heavy (non-hydrogen) atoms. The van der Waals surface area contributed by atoms with Crippen LogP contribution in [0.25, 0.3) is 10.2 Å². The number of nitrogens with two attached hydrogens (primary N) is 1. The van der Waals surface area contributed by atoms with E-state index < -0.39 is 11.8 Å². The third-order valence-electron chi connectivity index (χ3n) is 9.10. The zero-order valence-electron chi connectivity index (χ0n) is 28.1. The van der Waals surface area contributed by atoms with E-state index in [1.165, 1.54) is 23.8 Å². The second kappa shape index (κ2) is 16.2. The first kappa shape index (κ1) is 36.8. The first-order valence-corrected chi connectivity index (χ1v) is 18.4. The number of hydrogen-bond acceptors (Lipinski definition) is 11. The fourth-order valence-corrected chi connectivity index (χ4v) is 8.40. The van der Waals surface area contributed by atoms with Crippen molar-refractivity contribution in [3.8, 4) is 17.6 Å². The van der Waals surface area contributed by atoms with Crippen molar-refractivity contribution in [1.29, 1.82) is 0 Å². The molecule has 5 heterocycles. The van der Waals surface area contributed by atoms with Crippen molar-refractivity contribution in [2.75, 3.05) is 43.0 Å². The first-order chi connectivity index (χ1) is 24.3. The van der Waals surface area contributed by atoms with Crippen molar-refractivity contribution in [3.05, 3.63) is 75.5 Å². The number of aromatic nitrogens is 4. The lowest BCUT2D eigenvalue weighted by Gasteiger charge is -2.34. The smallest absolute Gasteiger partial charge is 0.355 e. The summed E-state index contributed by atoms with van der Waals surface area (Å²) in [7, 11) is 0. The SMILES string of the molecule is Cc1c(Nc2nc3ccccc3s2)nnc2c1CCCN2c1nc(C(=O)O)c(CCCOc2ccc(C#CC[N+]3(N)CCCCC3)cc2F)s1.[I-]. The summed E-state index contributed by atoms with van der Waals surface area (Å²) in [4.78, 5) is 24.0. The molecular weight excluding hydrogens is 802 g/mol. The number of aryl methyl sites for hydroxylation is 1. The van der Waals surface area contributed by atoms with E-state index in [9.17, 15) is 14.3 Å². The number of hydrogen-bond donors (Lipinski definition) is 3. The fraction of sp³-hybridized carbons (Fsp3) is 0.361. The number of benzene rings is 2. The number of anilines is 4. The number of halogens is 2. The summed E-state index contributed by atoms with van der Waals surface area (Å²) in [6.45, 7) is 5.24. The molecule has 0 spiro atoms. The molecule has 0 unspecified atom stereocenters. The van der Waals surface area contributed by atoms with Crippen LogP contribution in [0.15, 0.2) is 42.5 Å². The van der Waals surface area contributed by atoms with Gasteiger partial charge in [0.15, 0.2) is 45.7 Å². The number of carboxylic acids is 1. The Labute approximate surface area is 320 Å². The lowest BCUT2D eigenvalue weighted by Crippen LogP contribution is -3.00. The lowest BCUT2D eigenvalue weighted by atomic mass is 10.0. The average molecular weight is 841 g/mol. The van der Waals surface area contributed by atoms with Gasteiger partial charge in [0, 0.05) is 28.1 Å². The second-order valence-electron chi connectivity index (χ2n) is 12.7. The summed E-state index contributed by atoms with van der Waals surface area (Å²) in [6, 6.07) is 12.7. The predicted octanol–water partition coefficient (Wildman–Crippen LogP) is 3.76. The fourth-order valence-electron chi connectivity index (χ4n) is 6.41. The molecule has 0 saturated carbocycles. The van der Waals surface area contributed by atoms with Crippen LogP contribution in [-0.2, 0) is 12.8 Å². The van der Waals surface area contributed by atoms with Crippen molar-refractivity contribution in [1.82, 2.24) is 20.2 Å². The molecule has 4 N–H and O–H groups in total. The minimum atomic E-state index is -1.09. The normalized spacial score (nSPS) is 15.0. The summed E-state index contributed by atoms with van der Waals surface area (Å²) in [6.07, 6.45) is 5.99. The van der Waals surface area contributed by atoms with Crippen LogP contribution in [0, 0.1) is 24.6 Å². The van der Waals surface area contributed by atoms with Crippen LogP contribution in [0.2, 0.25) is 0 Å². The molecular formula is C36H38FIN8O3S2. The van der Waals surface area contributed by atoms with Gasteiger partial charge in [-0.05, 0) is 88.1 Å². The van der Waals surface area contributed by atoms with E-state index in [1.54, 1.807) is 23.5 Å². The second-order valence-corrected chi connectivity index (χ2v) is 14.8. The maximum absolute atomic E-state index is 14.8. The van der Waals surface area contributed by atoms with E-state index in [4.69, 9.17) is 10.6 Å². The molecule has 3 aromatic heterocycles. The third-order valence-corrected chi connectivity index (χ3v) is 11.2. The predicted molar refractivity (Wildman–Crippen MR) is 194 cm³/mol. The van der Waals surface area contributed by atoms with Crippen LogP contribution in [0.1, 0.15) is 64.2 Å². The third kappa shape index (κ3) is 8.41. The summed E-state index contributed by atoms with van der Waals surface area (Å²) in [5, 5.41) is 23.7. The minimum Gasteiger partial charge on any atom is -1.00 e. The monoisotopic (exact) mass is 840 g/mol. The molecule has 0 aliphatic carbocycles. The molecule has 0 radical (unpaired) electrons. The zero-order chi connectivity index (χ0) is 34.7. The molecule has 1 saturated heterocycles. The Morgan fingerprint density at radius 1 is 1.12 bits per heavy atom. The summed E-state index contributed by atoms with van der Waals surface area (Å²) >= 11 is 2.89. The Morgan fingerprint density at radius 2 is 1.94 bits per heavy atom.